The number of hydrogen-bond donors (Lipinski definition) is 1. The lowest BCUT2D eigenvalue weighted by molar-refractivity contribution is -0.130. The number of nitrogens with one attached hydrogen (secondary N) is 1. The number of carbonyl (C=O) groups is 2. The molecule has 1 saturated carbocycles. The summed E-state index contributed by atoms with van der Waals surface area (Å²) in [4.78, 5) is 25.7. The van der Waals surface area contributed by atoms with E-state index < -0.39 is 0 Å². The zero-order valence-corrected chi connectivity index (χ0v) is 15.1. The molecule has 0 bridgehead atoms. The van der Waals surface area contributed by atoms with Crippen LogP contribution in [-0.4, -0.2) is 36.3 Å². The fourth-order valence-electron chi connectivity index (χ4n) is 3.21. The molecular weight excluding hydrogens is 324 g/mol. The highest BCUT2D eigenvalue weighted by Crippen LogP contribution is 2.23. The molecule has 24 heavy (non-hydrogen) atoms. The van der Waals surface area contributed by atoms with Crippen molar-refractivity contribution in [1.82, 2.24) is 10.2 Å². The summed E-state index contributed by atoms with van der Waals surface area (Å²) in [5.74, 6) is 0.341. The Balaban J connectivity index is 1.74. The molecule has 0 aliphatic heterocycles. The van der Waals surface area contributed by atoms with Crippen molar-refractivity contribution >= 4 is 23.4 Å². The first-order valence-electron chi connectivity index (χ1n) is 8.84. The molecule has 1 N–H and O–H groups in total. The van der Waals surface area contributed by atoms with Gasteiger partial charge in [-0.15, -0.1) is 0 Å². The van der Waals surface area contributed by atoms with Gasteiger partial charge in [-0.25, -0.2) is 0 Å². The molecule has 0 spiro atoms. The summed E-state index contributed by atoms with van der Waals surface area (Å²) >= 11 is 5.99. The molecule has 2 rings (SSSR count). The largest absolute Gasteiger partial charge is 0.354 e. The molecule has 4 nitrogen and oxygen atoms in total. The molecule has 0 radical (unpaired) electrons. The van der Waals surface area contributed by atoms with E-state index in [2.05, 4.69) is 5.32 Å². The van der Waals surface area contributed by atoms with Crippen LogP contribution in [0, 0.1) is 5.92 Å². The summed E-state index contributed by atoms with van der Waals surface area (Å²) in [5.41, 5.74) is 1.11. The Bertz CT molecular complexity index is 556. The number of carbonyl (C=O) groups excluding carboxylic acids is 2. The molecule has 132 valence electrons. The Morgan fingerprint density at radius 1 is 1.21 bits per heavy atom. The predicted molar refractivity (Wildman–Crippen MR) is 97.0 cm³/mol. The van der Waals surface area contributed by atoms with Crippen LogP contribution in [0.4, 0.5) is 0 Å². The maximum Gasteiger partial charge on any atom is 0.223 e. The van der Waals surface area contributed by atoms with Gasteiger partial charge in [-0.05, 0) is 37.0 Å². The predicted octanol–water partition coefficient (Wildman–Crippen LogP) is 3.43. The number of benzene rings is 1. The molecule has 5 heteroatoms. The van der Waals surface area contributed by atoms with Crippen molar-refractivity contribution in [1.29, 1.82) is 0 Å². The van der Waals surface area contributed by atoms with Crippen LogP contribution in [0.5, 0.6) is 0 Å². The molecule has 0 saturated heterocycles. The topological polar surface area (TPSA) is 49.4 Å². The molecule has 2 amide bonds. The van der Waals surface area contributed by atoms with Crippen molar-refractivity contribution < 1.29 is 9.59 Å². The Morgan fingerprint density at radius 2 is 1.96 bits per heavy atom. The van der Waals surface area contributed by atoms with Crippen LogP contribution >= 0.6 is 11.6 Å². The van der Waals surface area contributed by atoms with E-state index in [4.69, 9.17) is 11.6 Å². The second-order valence-corrected chi connectivity index (χ2v) is 6.95. The molecular formula is C19H27ClN2O2. The van der Waals surface area contributed by atoms with E-state index in [9.17, 15) is 9.59 Å². The zero-order valence-electron chi connectivity index (χ0n) is 14.4. The van der Waals surface area contributed by atoms with Crippen molar-refractivity contribution in [2.24, 2.45) is 5.92 Å². The summed E-state index contributed by atoms with van der Waals surface area (Å²) in [5, 5.41) is 3.70. The van der Waals surface area contributed by atoms with Gasteiger partial charge in [0.25, 0.3) is 0 Å². The lowest BCUT2D eigenvalue weighted by atomic mass is 9.89. The fraction of sp³-hybridized carbons (Fsp3) is 0.579. The van der Waals surface area contributed by atoms with Crippen LogP contribution in [0.3, 0.4) is 0 Å². The van der Waals surface area contributed by atoms with Gasteiger partial charge in [-0.3, -0.25) is 9.59 Å². The quantitative estimate of drug-likeness (QED) is 0.819. The van der Waals surface area contributed by atoms with Crippen LogP contribution in [0.1, 0.15) is 44.6 Å². The lowest BCUT2D eigenvalue weighted by Crippen LogP contribution is -2.40. The highest BCUT2D eigenvalue weighted by Gasteiger charge is 2.20. The summed E-state index contributed by atoms with van der Waals surface area (Å²) < 4.78 is 0. The van der Waals surface area contributed by atoms with E-state index in [-0.39, 0.29) is 17.7 Å². The first-order valence-corrected chi connectivity index (χ1v) is 9.21. The maximum absolute atomic E-state index is 12.1. The molecule has 0 heterocycles. The van der Waals surface area contributed by atoms with Crippen molar-refractivity contribution in [2.45, 2.75) is 45.4 Å². The molecule has 1 aromatic carbocycles. The summed E-state index contributed by atoms with van der Waals surface area (Å²) in [6, 6.07) is 7.69. The molecule has 0 unspecified atom stereocenters. The monoisotopic (exact) mass is 350 g/mol. The van der Waals surface area contributed by atoms with E-state index in [0.717, 1.165) is 37.7 Å². The first-order chi connectivity index (χ1) is 11.6. The molecule has 1 fully saturated rings. The van der Waals surface area contributed by atoms with Gasteiger partial charge in [0.2, 0.25) is 11.8 Å². The number of nitrogens with zero attached hydrogens (tertiary/aromatic N) is 1. The van der Waals surface area contributed by atoms with E-state index in [0.29, 0.717) is 24.7 Å². The molecule has 1 aliphatic carbocycles. The first kappa shape index (κ1) is 18.8. The minimum Gasteiger partial charge on any atom is -0.354 e. The van der Waals surface area contributed by atoms with Gasteiger partial charge in [-0.2, -0.15) is 0 Å². The Morgan fingerprint density at radius 3 is 2.62 bits per heavy atom. The lowest BCUT2D eigenvalue weighted by Gasteiger charge is -2.24. The Kier molecular flexibility index (Phi) is 7.57. The van der Waals surface area contributed by atoms with Crippen LogP contribution in [0.25, 0.3) is 0 Å². The van der Waals surface area contributed by atoms with E-state index in [1.54, 1.807) is 11.8 Å². The normalized spacial score (nSPS) is 15.1. The molecule has 1 aromatic rings. The third-order valence-corrected chi connectivity index (χ3v) is 4.90. The van der Waals surface area contributed by atoms with Gasteiger partial charge in [0.15, 0.2) is 0 Å². The summed E-state index contributed by atoms with van der Waals surface area (Å²) in [7, 11) is 0. The Labute approximate surface area is 149 Å². The molecule has 0 atom stereocenters. The highest BCUT2D eigenvalue weighted by atomic mass is 35.5. The van der Waals surface area contributed by atoms with Crippen molar-refractivity contribution in [3.63, 3.8) is 0 Å². The van der Waals surface area contributed by atoms with Crippen molar-refractivity contribution in [2.75, 3.05) is 19.6 Å². The van der Waals surface area contributed by atoms with E-state index >= 15 is 0 Å². The fourth-order valence-corrected chi connectivity index (χ4v) is 3.42. The van der Waals surface area contributed by atoms with Gasteiger partial charge in [0.05, 0.1) is 0 Å². The van der Waals surface area contributed by atoms with Gasteiger partial charge >= 0.3 is 0 Å². The minimum absolute atomic E-state index is 0.0314. The number of amides is 2. The van der Waals surface area contributed by atoms with Gasteiger partial charge in [0.1, 0.15) is 0 Å². The van der Waals surface area contributed by atoms with Crippen molar-refractivity contribution in [3.8, 4) is 0 Å². The van der Waals surface area contributed by atoms with Crippen LogP contribution in [0.2, 0.25) is 5.02 Å². The minimum atomic E-state index is 0.0314. The molecule has 1 aliphatic rings. The second kappa shape index (κ2) is 9.67. The van der Waals surface area contributed by atoms with E-state index in [1.807, 2.05) is 24.3 Å². The van der Waals surface area contributed by atoms with E-state index in [1.165, 1.54) is 6.42 Å². The average Bonchev–Trinajstić information content (AvgIpc) is 2.58. The Hall–Kier alpha value is -1.55. The molecule has 0 aromatic heterocycles. The van der Waals surface area contributed by atoms with Gasteiger partial charge in [0, 0.05) is 37.5 Å². The maximum atomic E-state index is 12.1. The third kappa shape index (κ3) is 6.16. The smallest absolute Gasteiger partial charge is 0.223 e. The SMILES string of the molecule is CC(=O)N(CCNC(=O)C1CCCCC1)CCc1cccc(Cl)c1. The average molecular weight is 351 g/mol. The number of halogens is 1. The van der Waals surface area contributed by atoms with Gasteiger partial charge in [-0.1, -0.05) is 43.0 Å². The van der Waals surface area contributed by atoms with Crippen molar-refractivity contribution in [3.05, 3.63) is 34.9 Å². The van der Waals surface area contributed by atoms with Crippen LogP contribution < -0.4 is 5.32 Å². The zero-order chi connectivity index (χ0) is 17.4. The number of hydrogen-bond acceptors (Lipinski definition) is 2. The highest BCUT2D eigenvalue weighted by molar-refractivity contribution is 6.30. The van der Waals surface area contributed by atoms with Crippen LogP contribution in [0.15, 0.2) is 24.3 Å². The summed E-state index contributed by atoms with van der Waals surface area (Å²) in [6.45, 7) is 3.27. The second-order valence-electron chi connectivity index (χ2n) is 6.51. The summed E-state index contributed by atoms with van der Waals surface area (Å²) in [6.07, 6.45) is 6.30. The van der Waals surface area contributed by atoms with Gasteiger partial charge < -0.3 is 10.2 Å². The number of rotatable bonds is 7. The standard InChI is InChI=1S/C19H27ClN2O2/c1-15(23)22(12-10-16-6-5-9-18(20)14-16)13-11-21-19(24)17-7-3-2-4-8-17/h5-6,9,14,17H,2-4,7-8,10-13H2,1H3,(H,21,24). The third-order valence-electron chi connectivity index (χ3n) is 4.66. The van der Waals surface area contributed by atoms with Crippen LogP contribution in [-0.2, 0) is 16.0 Å².